The molecule has 0 saturated heterocycles. The molecule has 0 amide bonds. The Hall–Kier alpha value is -7.83. The maximum absolute atomic E-state index is 6.47. The summed E-state index contributed by atoms with van der Waals surface area (Å²) in [5.74, 6) is 1.88. The molecule has 0 atom stereocenters. The van der Waals surface area contributed by atoms with Crippen molar-refractivity contribution in [2.75, 3.05) is 0 Å². The molecule has 0 aliphatic carbocycles. The quantitative estimate of drug-likeness (QED) is 0.177. The van der Waals surface area contributed by atoms with E-state index >= 15 is 0 Å². The van der Waals surface area contributed by atoms with Crippen LogP contribution in [0.15, 0.2) is 192 Å². The van der Waals surface area contributed by atoms with Crippen molar-refractivity contribution >= 4 is 65.6 Å². The maximum Gasteiger partial charge on any atom is 0.164 e. The smallest absolute Gasteiger partial charge is 0.164 e. The molecule has 8 aromatic carbocycles. The SMILES string of the molecule is c1ccc(-c2nc(-c3ccccc3)nc(-c3cccc(-n4c5ccccc5c5ccc6c7cc8c(cc7n(-c7ccccc7)c6c54)oc4ccccc48)c3)n2)cc1. The standard InChI is InChI=1S/C51H31N5O/c1-4-15-32(16-5-1)49-52-50(33-17-6-2-7-18-33)54-51(53-49)34-19-14-22-36(29-34)56-43-25-12-10-23-37(43)39-27-28-40-41-30-42-38-24-11-13-26-45(38)57-46(42)31-44(41)55(48(40)47(39)56)35-20-8-3-9-21-35/h1-31H. The molecule has 0 aliphatic heterocycles. The summed E-state index contributed by atoms with van der Waals surface area (Å²) in [7, 11) is 0. The minimum atomic E-state index is 0.615. The fourth-order valence-electron chi connectivity index (χ4n) is 8.60. The number of furan rings is 1. The van der Waals surface area contributed by atoms with Crippen LogP contribution in [0.25, 0.3) is 111 Å². The van der Waals surface area contributed by atoms with E-state index in [-0.39, 0.29) is 0 Å². The molecule has 0 fully saturated rings. The van der Waals surface area contributed by atoms with E-state index < -0.39 is 0 Å². The van der Waals surface area contributed by atoms with Crippen LogP contribution < -0.4 is 0 Å². The Balaban J connectivity index is 1.16. The number of nitrogens with zero attached hydrogens (tertiary/aromatic N) is 5. The lowest BCUT2D eigenvalue weighted by atomic mass is 10.1. The van der Waals surface area contributed by atoms with Crippen molar-refractivity contribution in [3.63, 3.8) is 0 Å². The molecule has 4 heterocycles. The van der Waals surface area contributed by atoms with Gasteiger partial charge in [-0.15, -0.1) is 0 Å². The first-order valence-electron chi connectivity index (χ1n) is 19.1. The van der Waals surface area contributed by atoms with E-state index in [9.17, 15) is 0 Å². The average Bonchev–Trinajstić information content (AvgIpc) is 3.93. The number of aromatic nitrogens is 5. The second kappa shape index (κ2) is 12.3. The maximum atomic E-state index is 6.47. The minimum Gasteiger partial charge on any atom is -0.456 e. The van der Waals surface area contributed by atoms with Crippen molar-refractivity contribution in [3.8, 4) is 45.5 Å². The second-order valence-corrected chi connectivity index (χ2v) is 14.4. The topological polar surface area (TPSA) is 61.7 Å². The molecule has 0 N–H and O–H groups in total. The van der Waals surface area contributed by atoms with Gasteiger partial charge >= 0.3 is 0 Å². The number of hydrogen-bond donors (Lipinski definition) is 0. The van der Waals surface area contributed by atoms with Gasteiger partial charge in [-0.1, -0.05) is 140 Å². The fraction of sp³-hybridized carbons (Fsp3) is 0. The molecular weight excluding hydrogens is 699 g/mol. The summed E-state index contributed by atoms with van der Waals surface area (Å²) in [6.07, 6.45) is 0. The molecule has 6 nitrogen and oxygen atoms in total. The summed E-state index contributed by atoms with van der Waals surface area (Å²) < 4.78 is 11.3. The van der Waals surface area contributed by atoms with Crippen molar-refractivity contribution in [2.45, 2.75) is 0 Å². The van der Waals surface area contributed by atoms with Gasteiger partial charge in [0.15, 0.2) is 17.5 Å². The minimum absolute atomic E-state index is 0.615. The van der Waals surface area contributed by atoms with E-state index in [1.54, 1.807) is 0 Å². The molecule has 0 radical (unpaired) electrons. The third kappa shape index (κ3) is 4.87. The lowest BCUT2D eigenvalue weighted by Crippen LogP contribution is -2.01. The van der Waals surface area contributed by atoms with Gasteiger partial charge < -0.3 is 13.6 Å². The summed E-state index contributed by atoms with van der Waals surface area (Å²) >= 11 is 0. The van der Waals surface area contributed by atoms with Crippen molar-refractivity contribution < 1.29 is 4.42 Å². The van der Waals surface area contributed by atoms with Crippen molar-refractivity contribution in [3.05, 3.63) is 188 Å². The highest BCUT2D eigenvalue weighted by molar-refractivity contribution is 6.25. The average molecular weight is 730 g/mol. The number of fused-ring (bicyclic) bond motifs is 10. The van der Waals surface area contributed by atoms with E-state index in [2.05, 4.69) is 124 Å². The van der Waals surface area contributed by atoms with Gasteiger partial charge in [-0.25, -0.2) is 15.0 Å². The van der Waals surface area contributed by atoms with Crippen LogP contribution in [0, 0.1) is 0 Å². The molecule has 0 spiro atoms. The number of para-hydroxylation sites is 3. The number of benzene rings is 8. The monoisotopic (exact) mass is 729 g/mol. The van der Waals surface area contributed by atoms with Crippen LogP contribution in [0.3, 0.4) is 0 Å². The second-order valence-electron chi connectivity index (χ2n) is 14.4. The molecule has 12 rings (SSSR count). The molecule has 0 bridgehead atoms. The van der Waals surface area contributed by atoms with E-state index in [4.69, 9.17) is 19.4 Å². The van der Waals surface area contributed by atoms with Crippen molar-refractivity contribution in [1.82, 2.24) is 24.1 Å². The first-order valence-corrected chi connectivity index (χ1v) is 19.1. The van der Waals surface area contributed by atoms with Crippen LogP contribution in [0.1, 0.15) is 0 Å². The third-order valence-corrected chi connectivity index (χ3v) is 11.1. The van der Waals surface area contributed by atoms with Gasteiger partial charge in [-0.05, 0) is 42.5 Å². The first-order chi connectivity index (χ1) is 28.3. The van der Waals surface area contributed by atoms with Crippen LogP contribution in [0.4, 0.5) is 0 Å². The van der Waals surface area contributed by atoms with Crippen LogP contribution in [0.2, 0.25) is 0 Å². The number of rotatable bonds is 5. The van der Waals surface area contributed by atoms with E-state index in [0.29, 0.717) is 17.5 Å². The van der Waals surface area contributed by atoms with Gasteiger partial charge in [0.25, 0.3) is 0 Å². The summed E-state index contributed by atoms with van der Waals surface area (Å²) in [5, 5.41) is 6.93. The van der Waals surface area contributed by atoms with Crippen LogP contribution >= 0.6 is 0 Å². The Kier molecular flexibility index (Phi) is 6.83. The van der Waals surface area contributed by atoms with E-state index in [1.807, 2.05) is 72.8 Å². The molecule has 266 valence electrons. The first kappa shape index (κ1) is 31.5. The Morgan fingerprint density at radius 1 is 0.316 bits per heavy atom. The zero-order chi connectivity index (χ0) is 37.5. The molecule has 0 aliphatic rings. The van der Waals surface area contributed by atoms with Gasteiger partial charge in [0.05, 0.1) is 22.1 Å². The molecule has 4 aromatic heterocycles. The van der Waals surface area contributed by atoms with Crippen LogP contribution in [0.5, 0.6) is 0 Å². The van der Waals surface area contributed by atoms with Gasteiger partial charge in [0.2, 0.25) is 0 Å². The van der Waals surface area contributed by atoms with Crippen molar-refractivity contribution in [1.29, 1.82) is 0 Å². The molecule has 6 heteroatoms. The summed E-state index contributed by atoms with van der Waals surface area (Å²) in [6.45, 7) is 0. The molecule has 0 saturated carbocycles. The predicted octanol–water partition coefficient (Wildman–Crippen LogP) is 13.0. The summed E-state index contributed by atoms with van der Waals surface area (Å²) in [6, 6.07) is 65.5. The lowest BCUT2D eigenvalue weighted by Gasteiger charge is -2.14. The summed E-state index contributed by atoms with van der Waals surface area (Å²) in [4.78, 5) is 15.1. The van der Waals surface area contributed by atoms with E-state index in [0.717, 1.165) is 72.1 Å². The molecular formula is C51H31N5O. The molecule has 12 aromatic rings. The zero-order valence-corrected chi connectivity index (χ0v) is 30.5. The Morgan fingerprint density at radius 2 is 0.842 bits per heavy atom. The van der Waals surface area contributed by atoms with E-state index in [1.165, 1.54) is 21.5 Å². The normalized spacial score (nSPS) is 11.9. The van der Waals surface area contributed by atoms with Gasteiger partial charge in [-0.3, -0.25) is 0 Å². The third-order valence-electron chi connectivity index (χ3n) is 11.1. The highest BCUT2D eigenvalue weighted by Gasteiger charge is 2.23. The van der Waals surface area contributed by atoms with Gasteiger partial charge in [-0.2, -0.15) is 0 Å². The molecule has 0 unspecified atom stereocenters. The lowest BCUT2D eigenvalue weighted by molar-refractivity contribution is 0.669. The largest absolute Gasteiger partial charge is 0.456 e. The van der Waals surface area contributed by atoms with Gasteiger partial charge in [0, 0.05) is 66.4 Å². The fourth-order valence-corrected chi connectivity index (χ4v) is 8.60. The number of hydrogen-bond acceptors (Lipinski definition) is 4. The van der Waals surface area contributed by atoms with Gasteiger partial charge in [0.1, 0.15) is 11.2 Å². The Labute approximate surface area is 326 Å². The zero-order valence-electron chi connectivity index (χ0n) is 30.5. The van der Waals surface area contributed by atoms with Crippen molar-refractivity contribution in [2.24, 2.45) is 0 Å². The Morgan fingerprint density at radius 3 is 1.54 bits per heavy atom. The summed E-state index contributed by atoms with van der Waals surface area (Å²) in [5.41, 5.74) is 11.1. The molecule has 57 heavy (non-hydrogen) atoms. The Bertz CT molecular complexity index is 3450. The highest BCUT2D eigenvalue weighted by atomic mass is 16.3. The van der Waals surface area contributed by atoms with Crippen LogP contribution in [-0.2, 0) is 0 Å². The highest BCUT2D eigenvalue weighted by Crippen LogP contribution is 2.44. The predicted molar refractivity (Wildman–Crippen MR) is 232 cm³/mol. The van der Waals surface area contributed by atoms with Crippen LogP contribution in [-0.4, -0.2) is 24.1 Å².